The molecule has 2 bridgehead atoms. The van der Waals surface area contributed by atoms with Crippen molar-refractivity contribution in [3.05, 3.63) is 29.8 Å². The van der Waals surface area contributed by atoms with Crippen LogP contribution in [0.4, 0.5) is 5.82 Å². The minimum Gasteiger partial charge on any atom is -0.494 e. The first-order chi connectivity index (χ1) is 13.2. The molecule has 4 heterocycles. The largest absolute Gasteiger partial charge is 0.494 e. The van der Waals surface area contributed by atoms with Crippen LogP contribution in [0.2, 0.25) is 0 Å². The molecule has 0 radical (unpaired) electrons. The van der Waals surface area contributed by atoms with Gasteiger partial charge >= 0.3 is 0 Å². The third-order valence-corrected chi connectivity index (χ3v) is 7.08. The third-order valence-electron chi connectivity index (χ3n) is 7.08. The summed E-state index contributed by atoms with van der Waals surface area (Å²) in [6, 6.07) is 9.20. The number of anilines is 1. The lowest BCUT2D eigenvalue weighted by Gasteiger charge is -2.40. The highest BCUT2D eigenvalue weighted by Gasteiger charge is 2.36. The van der Waals surface area contributed by atoms with Crippen molar-refractivity contribution in [3.8, 4) is 5.75 Å². The number of hydrogen-bond acceptors (Lipinski definition) is 4. The van der Waals surface area contributed by atoms with Gasteiger partial charge in [-0.3, -0.25) is 4.90 Å². The predicted octanol–water partition coefficient (Wildman–Crippen LogP) is 4.25. The van der Waals surface area contributed by atoms with Crippen LogP contribution in [0.5, 0.6) is 5.75 Å². The van der Waals surface area contributed by atoms with Gasteiger partial charge in [-0.05, 0) is 62.1 Å². The van der Waals surface area contributed by atoms with Crippen LogP contribution in [0.25, 0.3) is 10.9 Å². The van der Waals surface area contributed by atoms with E-state index in [1.165, 1.54) is 56.1 Å². The average Bonchev–Trinajstić information content (AvgIpc) is 2.96. The Morgan fingerprint density at radius 3 is 2.78 bits per heavy atom. The number of methoxy groups -OCH3 is 1. The number of hydrogen-bond donors (Lipinski definition) is 0. The van der Waals surface area contributed by atoms with Crippen LogP contribution in [0.15, 0.2) is 24.3 Å². The molecule has 1 aliphatic carbocycles. The second-order valence-electron chi connectivity index (χ2n) is 8.91. The van der Waals surface area contributed by atoms with Gasteiger partial charge in [0.05, 0.1) is 7.11 Å². The molecule has 3 saturated heterocycles. The van der Waals surface area contributed by atoms with Gasteiger partial charge in [0.15, 0.2) is 0 Å². The Kier molecular flexibility index (Phi) is 4.47. The van der Waals surface area contributed by atoms with Gasteiger partial charge < -0.3 is 9.64 Å². The Bertz CT molecular complexity index is 832. The third kappa shape index (κ3) is 3.18. The highest BCUT2D eigenvalue weighted by atomic mass is 16.5. The van der Waals surface area contributed by atoms with Crippen LogP contribution in [0.3, 0.4) is 0 Å². The average molecular weight is 366 g/mol. The zero-order valence-corrected chi connectivity index (χ0v) is 16.7. The smallest absolute Gasteiger partial charge is 0.145 e. The molecule has 1 aromatic heterocycles. The summed E-state index contributed by atoms with van der Waals surface area (Å²) in [5.41, 5.74) is 2.29. The monoisotopic (exact) mass is 365 g/mol. The maximum absolute atomic E-state index is 5.59. The van der Waals surface area contributed by atoms with Gasteiger partial charge in [0, 0.05) is 37.6 Å². The second-order valence-corrected chi connectivity index (χ2v) is 8.91. The lowest BCUT2D eigenvalue weighted by Crippen LogP contribution is -2.47. The van der Waals surface area contributed by atoms with E-state index in [1.54, 1.807) is 7.11 Å². The van der Waals surface area contributed by atoms with Crippen molar-refractivity contribution in [2.75, 3.05) is 38.2 Å². The van der Waals surface area contributed by atoms with Crippen LogP contribution >= 0.6 is 0 Å². The van der Waals surface area contributed by atoms with Gasteiger partial charge in [0.25, 0.3) is 0 Å². The van der Waals surface area contributed by atoms with Gasteiger partial charge in [-0.2, -0.15) is 0 Å². The lowest BCUT2D eigenvalue weighted by molar-refractivity contribution is 0.0917. The van der Waals surface area contributed by atoms with Crippen molar-refractivity contribution in [1.29, 1.82) is 0 Å². The molecular formula is C23H31N3O. The number of fused-ring (bicyclic) bond motifs is 5. The molecule has 4 heteroatoms. The molecule has 2 aromatic rings. The SMILES string of the molecule is COc1cccc2c(C)cc(N3C[C@@H]4CC[C@H](C3)N(CC3CCC3)C4)nc12. The van der Waals surface area contributed by atoms with Crippen LogP contribution in [-0.4, -0.2) is 49.2 Å². The molecule has 3 aliphatic heterocycles. The molecule has 6 rings (SSSR count). The molecular weight excluding hydrogens is 334 g/mol. The van der Waals surface area contributed by atoms with Crippen LogP contribution in [0, 0.1) is 18.8 Å². The van der Waals surface area contributed by atoms with Crippen LogP contribution in [0.1, 0.15) is 37.7 Å². The highest BCUT2D eigenvalue weighted by molar-refractivity contribution is 5.88. The Labute approximate surface area is 162 Å². The van der Waals surface area contributed by atoms with Crippen molar-refractivity contribution in [1.82, 2.24) is 9.88 Å². The van der Waals surface area contributed by atoms with Crippen LogP contribution in [-0.2, 0) is 0 Å². The summed E-state index contributed by atoms with van der Waals surface area (Å²) in [5, 5.41) is 1.20. The Morgan fingerprint density at radius 2 is 2.00 bits per heavy atom. The molecule has 0 unspecified atom stereocenters. The number of piperidine rings is 1. The molecule has 2 atom stereocenters. The zero-order valence-electron chi connectivity index (χ0n) is 16.7. The van der Waals surface area contributed by atoms with E-state index in [1.807, 2.05) is 6.07 Å². The molecule has 4 nitrogen and oxygen atoms in total. The van der Waals surface area contributed by atoms with Crippen LogP contribution < -0.4 is 9.64 Å². The minimum atomic E-state index is 0.694. The summed E-state index contributed by atoms with van der Waals surface area (Å²) < 4.78 is 5.59. The number of benzene rings is 1. The molecule has 4 fully saturated rings. The van der Waals surface area contributed by atoms with E-state index in [0.717, 1.165) is 42.0 Å². The first-order valence-electron chi connectivity index (χ1n) is 10.6. The zero-order chi connectivity index (χ0) is 18.4. The highest BCUT2D eigenvalue weighted by Crippen LogP contribution is 2.35. The first kappa shape index (κ1) is 17.3. The lowest BCUT2D eigenvalue weighted by atomic mass is 9.83. The Morgan fingerprint density at radius 1 is 1.11 bits per heavy atom. The number of aryl methyl sites for hydroxylation is 1. The topological polar surface area (TPSA) is 28.6 Å². The fourth-order valence-electron chi connectivity index (χ4n) is 5.30. The maximum Gasteiger partial charge on any atom is 0.145 e. The summed E-state index contributed by atoms with van der Waals surface area (Å²) in [6.07, 6.45) is 7.06. The standard InChI is InChI=1S/C23H31N3O/c1-16-11-22(24-23-20(16)7-4-8-21(23)27-2)26-14-18-9-10-19(15-26)25(13-18)12-17-5-3-6-17/h4,7-8,11,17-19H,3,5-6,9-10,12-15H2,1-2H3/t18-,19-/m1/s1. The summed E-state index contributed by atoms with van der Waals surface area (Å²) in [5.74, 6) is 3.75. The molecule has 4 aliphatic rings. The summed E-state index contributed by atoms with van der Waals surface area (Å²) in [4.78, 5) is 10.4. The van der Waals surface area contributed by atoms with E-state index in [-0.39, 0.29) is 0 Å². The van der Waals surface area contributed by atoms with Gasteiger partial charge in [-0.15, -0.1) is 0 Å². The number of nitrogens with zero attached hydrogens (tertiary/aromatic N) is 3. The van der Waals surface area contributed by atoms with E-state index in [4.69, 9.17) is 9.72 Å². The molecule has 0 spiro atoms. The fourth-order valence-corrected chi connectivity index (χ4v) is 5.30. The quantitative estimate of drug-likeness (QED) is 0.810. The molecule has 144 valence electrons. The molecule has 0 amide bonds. The van der Waals surface area contributed by atoms with E-state index in [0.29, 0.717) is 6.04 Å². The van der Waals surface area contributed by atoms with E-state index in [2.05, 4.69) is 34.9 Å². The number of ether oxygens (including phenoxy) is 1. The molecule has 27 heavy (non-hydrogen) atoms. The Hall–Kier alpha value is -1.81. The summed E-state index contributed by atoms with van der Waals surface area (Å²) in [7, 11) is 1.74. The fraction of sp³-hybridized carbons (Fsp3) is 0.609. The summed E-state index contributed by atoms with van der Waals surface area (Å²) >= 11 is 0. The molecule has 1 saturated carbocycles. The van der Waals surface area contributed by atoms with Crippen molar-refractivity contribution >= 4 is 16.7 Å². The van der Waals surface area contributed by atoms with Crippen molar-refractivity contribution in [2.24, 2.45) is 11.8 Å². The second kappa shape index (κ2) is 6.97. The van der Waals surface area contributed by atoms with E-state index in [9.17, 15) is 0 Å². The normalized spacial score (nSPS) is 26.2. The number of rotatable bonds is 4. The molecule has 0 N–H and O–H groups in total. The summed E-state index contributed by atoms with van der Waals surface area (Å²) in [6.45, 7) is 7.07. The van der Waals surface area contributed by atoms with Gasteiger partial charge in [-0.25, -0.2) is 4.98 Å². The first-order valence-corrected chi connectivity index (χ1v) is 10.6. The Balaban J connectivity index is 1.44. The van der Waals surface area contributed by atoms with Gasteiger partial charge in [0.1, 0.15) is 17.1 Å². The number of para-hydroxylation sites is 1. The van der Waals surface area contributed by atoms with E-state index < -0.39 is 0 Å². The maximum atomic E-state index is 5.59. The van der Waals surface area contributed by atoms with E-state index >= 15 is 0 Å². The predicted molar refractivity (Wildman–Crippen MR) is 111 cm³/mol. The van der Waals surface area contributed by atoms with Crippen molar-refractivity contribution in [2.45, 2.75) is 45.1 Å². The van der Waals surface area contributed by atoms with Gasteiger partial charge in [0.2, 0.25) is 0 Å². The van der Waals surface area contributed by atoms with Gasteiger partial charge in [-0.1, -0.05) is 18.6 Å². The number of aromatic nitrogens is 1. The van der Waals surface area contributed by atoms with Crippen molar-refractivity contribution in [3.63, 3.8) is 0 Å². The van der Waals surface area contributed by atoms with Crippen molar-refractivity contribution < 1.29 is 4.74 Å². The number of pyridine rings is 1. The molecule has 1 aromatic carbocycles. The minimum absolute atomic E-state index is 0.694.